The minimum Gasteiger partial charge on any atom is -0.507 e. The van der Waals surface area contributed by atoms with Gasteiger partial charge in [-0.3, -0.25) is 4.79 Å². The van der Waals surface area contributed by atoms with E-state index in [1.54, 1.807) is 24.4 Å². The van der Waals surface area contributed by atoms with E-state index in [0.29, 0.717) is 16.7 Å². The highest BCUT2D eigenvalue weighted by Crippen LogP contribution is 2.32. The fourth-order valence-electron chi connectivity index (χ4n) is 2.30. The molecule has 0 spiro atoms. The Balaban J connectivity index is 2.30. The molecular weight excluding hydrogens is 274 g/mol. The topological polar surface area (TPSA) is 53.1 Å². The SMILES string of the molecule is O=c1[nH]cc(-c2ccc(CCl)cc2)c2c(O)cccc12. The van der Waals surface area contributed by atoms with Crippen LogP contribution in [0, 0.1) is 0 Å². The Morgan fingerprint density at radius 3 is 2.55 bits per heavy atom. The Morgan fingerprint density at radius 2 is 1.85 bits per heavy atom. The van der Waals surface area contributed by atoms with Gasteiger partial charge in [-0.1, -0.05) is 30.3 Å². The standard InChI is InChI=1S/C16H12ClNO2/c17-8-10-4-6-11(7-5-10)13-9-18-16(20)12-2-1-3-14(19)15(12)13/h1-7,9,19H,8H2,(H,18,20). The lowest BCUT2D eigenvalue weighted by molar-refractivity contribution is 0.481. The van der Waals surface area contributed by atoms with E-state index in [4.69, 9.17) is 11.6 Å². The van der Waals surface area contributed by atoms with Crippen LogP contribution in [0.25, 0.3) is 21.9 Å². The first-order chi connectivity index (χ1) is 9.70. The summed E-state index contributed by atoms with van der Waals surface area (Å²) in [5.41, 5.74) is 2.52. The van der Waals surface area contributed by atoms with E-state index in [1.165, 1.54) is 0 Å². The second kappa shape index (κ2) is 5.02. The third-order valence-corrected chi connectivity index (χ3v) is 3.63. The van der Waals surface area contributed by atoms with E-state index in [1.807, 2.05) is 24.3 Å². The molecule has 2 N–H and O–H groups in total. The van der Waals surface area contributed by atoms with Crippen LogP contribution in [0.15, 0.2) is 53.5 Å². The number of phenols is 1. The van der Waals surface area contributed by atoms with Gasteiger partial charge in [0.25, 0.3) is 5.56 Å². The van der Waals surface area contributed by atoms with Gasteiger partial charge < -0.3 is 10.1 Å². The first-order valence-corrected chi connectivity index (χ1v) is 6.73. The molecule has 0 saturated heterocycles. The molecule has 0 unspecified atom stereocenters. The maximum absolute atomic E-state index is 11.8. The number of hydrogen-bond donors (Lipinski definition) is 2. The predicted octanol–water partition coefficient (Wildman–Crippen LogP) is 3.64. The zero-order chi connectivity index (χ0) is 14.1. The summed E-state index contributed by atoms with van der Waals surface area (Å²) in [5.74, 6) is 0.558. The molecule has 0 fully saturated rings. The van der Waals surface area contributed by atoms with Gasteiger partial charge in [-0.25, -0.2) is 0 Å². The van der Waals surface area contributed by atoms with E-state index >= 15 is 0 Å². The predicted molar refractivity (Wildman–Crippen MR) is 81.2 cm³/mol. The molecule has 0 aliphatic rings. The van der Waals surface area contributed by atoms with Gasteiger partial charge in [0, 0.05) is 23.0 Å². The fraction of sp³-hybridized carbons (Fsp3) is 0.0625. The molecule has 3 nitrogen and oxygen atoms in total. The Labute approximate surface area is 120 Å². The number of aromatic nitrogens is 1. The van der Waals surface area contributed by atoms with Crippen LogP contribution in [0.2, 0.25) is 0 Å². The van der Waals surface area contributed by atoms with Crippen LogP contribution in [0.1, 0.15) is 5.56 Å². The second-order valence-electron chi connectivity index (χ2n) is 4.56. The van der Waals surface area contributed by atoms with Crippen LogP contribution in [-0.2, 0) is 5.88 Å². The number of aromatic amines is 1. The van der Waals surface area contributed by atoms with Gasteiger partial charge in [-0.15, -0.1) is 11.6 Å². The third-order valence-electron chi connectivity index (χ3n) is 3.32. The molecule has 0 aliphatic carbocycles. The average Bonchev–Trinajstić information content (AvgIpc) is 2.49. The van der Waals surface area contributed by atoms with E-state index < -0.39 is 0 Å². The molecule has 4 heteroatoms. The van der Waals surface area contributed by atoms with E-state index in [2.05, 4.69) is 4.98 Å². The van der Waals surface area contributed by atoms with Gasteiger partial charge >= 0.3 is 0 Å². The van der Waals surface area contributed by atoms with Crippen molar-refractivity contribution in [3.63, 3.8) is 0 Å². The lowest BCUT2D eigenvalue weighted by Gasteiger charge is -2.08. The lowest BCUT2D eigenvalue weighted by Crippen LogP contribution is -2.05. The van der Waals surface area contributed by atoms with Crippen molar-refractivity contribution in [3.05, 3.63) is 64.6 Å². The van der Waals surface area contributed by atoms with E-state index in [9.17, 15) is 9.90 Å². The molecule has 0 saturated carbocycles. The first kappa shape index (κ1) is 12.8. The van der Waals surface area contributed by atoms with Crippen LogP contribution in [0.3, 0.4) is 0 Å². The molecule has 1 heterocycles. The van der Waals surface area contributed by atoms with Crippen molar-refractivity contribution in [2.24, 2.45) is 0 Å². The molecule has 0 amide bonds. The van der Waals surface area contributed by atoms with Crippen molar-refractivity contribution < 1.29 is 5.11 Å². The summed E-state index contributed by atoms with van der Waals surface area (Å²) < 4.78 is 0. The smallest absolute Gasteiger partial charge is 0.255 e. The maximum atomic E-state index is 11.8. The average molecular weight is 286 g/mol. The number of H-pyrrole nitrogens is 1. The zero-order valence-corrected chi connectivity index (χ0v) is 11.3. The van der Waals surface area contributed by atoms with Crippen molar-refractivity contribution in [3.8, 4) is 16.9 Å². The minimum atomic E-state index is -0.211. The summed E-state index contributed by atoms with van der Waals surface area (Å²) >= 11 is 5.78. The summed E-state index contributed by atoms with van der Waals surface area (Å²) in [7, 11) is 0. The number of halogens is 1. The Morgan fingerprint density at radius 1 is 1.10 bits per heavy atom. The zero-order valence-electron chi connectivity index (χ0n) is 10.6. The summed E-state index contributed by atoms with van der Waals surface area (Å²) in [6.07, 6.45) is 1.63. The third kappa shape index (κ3) is 2.06. The molecule has 0 radical (unpaired) electrons. The highest BCUT2D eigenvalue weighted by molar-refractivity contribution is 6.17. The van der Waals surface area contributed by atoms with E-state index in [-0.39, 0.29) is 11.3 Å². The number of pyridine rings is 1. The first-order valence-electron chi connectivity index (χ1n) is 6.19. The van der Waals surface area contributed by atoms with Crippen LogP contribution in [0.5, 0.6) is 5.75 Å². The minimum absolute atomic E-state index is 0.102. The van der Waals surface area contributed by atoms with Crippen LogP contribution >= 0.6 is 11.6 Å². The largest absolute Gasteiger partial charge is 0.507 e. The molecule has 100 valence electrons. The quantitative estimate of drug-likeness (QED) is 0.706. The molecule has 20 heavy (non-hydrogen) atoms. The number of rotatable bonds is 2. The molecule has 1 aromatic heterocycles. The highest BCUT2D eigenvalue weighted by atomic mass is 35.5. The number of alkyl halides is 1. The van der Waals surface area contributed by atoms with Gasteiger partial charge in [0.2, 0.25) is 0 Å². The molecule has 0 aliphatic heterocycles. The summed E-state index contributed by atoms with van der Waals surface area (Å²) in [4.78, 5) is 14.5. The Bertz CT molecular complexity index is 822. The van der Waals surface area contributed by atoms with Gasteiger partial charge in [0.1, 0.15) is 5.75 Å². The van der Waals surface area contributed by atoms with Gasteiger partial charge in [0.15, 0.2) is 0 Å². The van der Waals surface area contributed by atoms with Gasteiger partial charge in [-0.05, 0) is 23.3 Å². The van der Waals surface area contributed by atoms with Crippen LogP contribution < -0.4 is 5.56 Å². The van der Waals surface area contributed by atoms with Crippen LogP contribution in [0.4, 0.5) is 0 Å². The lowest BCUT2D eigenvalue weighted by atomic mass is 9.99. The molecule has 0 atom stereocenters. The van der Waals surface area contributed by atoms with E-state index in [0.717, 1.165) is 16.7 Å². The van der Waals surface area contributed by atoms with Crippen LogP contribution in [-0.4, -0.2) is 10.1 Å². The number of fused-ring (bicyclic) bond motifs is 1. The van der Waals surface area contributed by atoms with Crippen molar-refractivity contribution in [2.75, 3.05) is 0 Å². The highest BCUT2D eigenvalue weighted by Gasteiger charge is 2.10. The van der Waals surface area contributed by atoms with Crippen molar-refractivity contribution >= 4 is 22.4 Å². The number of phenolic OH excluding ortho intramolecular Hbond substituents is 1. The Hall–Kier alpha value is -2.26. The fourth-order valence-corrected chi connectivity index (χ4v) is 2.48. The normalized spacial score (nSPS) is 10.8. The molecular formula is C16H12ClNO2. The number of hydrogen-bond acceptors (Lipinski definition) is 2. The maximum Gasteiger partial charge on any atom is 0.255 e. The number of benzene rings is 2. The van der Waals surface area contributed by atoms with Gasteiger partial charge in [-0.2, -0.15) is 0 Å². The second-order valence-corrected chi connectivity index (χ2v) is 4.83. The molecule has 3 rings (SSSR count). The van der Waals surface area contributed by atoms with Crippen molar-refractivity contribution in [1.82, 2.24) is 4.98 Å². The Kier molecular flexibility index (Phi) is 3.20. The monoisotopic (exact) mass is 285 g/mol. The number of nitrogens with one attached hydrogen (secondary N) is 1. The molecule has 0 bridgehead atoms. The van der Waals surface area contributed by atoms with Crippen molar-refractivity contribution in [2.45, 2.75) is 5.88 Å². The summed E-state index contributed by atoms with van der Waals surface area (Å²) in [6.45, 7) is 0. The summed E-state index contributed by atoms with van der Waals surface area (Å²) in [6, 6.07) is 12.7. The van der Waals surface area contributed by atoms with Gasteiger partial charge in [0.05, 0.1) is 5.39 Å². The molecule has 2 aromatic carbocycles. The molecule has 3 aromatic rings. The number of aromatic hydroxyl groups is 1. The van der Waals surface area contributed by atoms with Crippen molar-refractivity contribution in [1.29, 1.82) is 0 Å². The summed E-state index contributed by atoms with van der Waals surface area (Å²) in [5, 5.41) is 11.1.